The number of hydrogen-bond acceptors (Lipinski definition) is 6. The minimum absolute atomic E-state index is 0.0509. The molecule has 2 heterocycles. The molecule has 4 rings (SSSR count). The van der Waals surface area contributed by atoms with Gasteiger partial charge in [-0.1, -0.05) is 29.8 Å². The fourth-order valence-electron chi connectivity index (χ4n) is 3.23. The molecule has 2 aromatic heterocycles. The first-order valence-electron chi connectivity index (χ1n) is 8.90. The fourth-order valence-corrected chi connectivity index (χ4v) is 3.23. The molecule has 0 aliphatic carbocycles. The summed E-state index contributed by atoms with van der Waals surface area (Å²) in [5, 5.41) is 14.5. The maximum Gasteiger partial charge on any atom is 0.270 e. The predicted molar refractivity (Wildman–Crippen MR) is 111 cm³/mol. The first kappa shape index (κ1) is 18.3. The van der Waals surface area contributed by atoms with Gasteiger partial charge in [-0.15, -0.1) is 0 Å². The summed E-state index contributed by atoms with van der Waals surface area (Å²) >= 11 is 0. The summed E-state index contributed by atoms with van der Waals surface area (Å²) in [4.78, 5) is 34.8. The number of hydrogen-bond donors (Lipinski definition) is 2. The molecule has 0 aliphatic heterocycles. The highest BCUT2D eigenvalue weighted by atomic mass is 16.6. The van der Waals surface area contributed by atoms with E-state index in [0.29, 0.717) is 11.1 Å². The number of H-pyrrole nitrogens is 1. The smallest absolute Gasteiger partial charge is 0.270 e. The number of benzene rings is 2. The molecule has 8 heteroatoms. The van der Waals surface area contributed by atoms with Gasteiger partial charge < -0.3 is 5.32 Å². The monoisotopic (exact) mass is 387 g/mol. The van der Waals surface area contributed by atoms with Gasteiger partial charge in [0.1, 0.15) is 0 Å². The van der Waals surface area contributed by atoms with Crippen LogP contribution < -0.4 is 10.9 Å². The van der Waals surface area contributed by atoms with Gasteiger partial charge in [0.2, 0.25) is 5.95 Å². The molecule has 2 aromatic carbocycles. The first-order valence-corrected chi connectivity index (χ1v) is 8.90. The maximum atomic E-state index is 12.8. The van der Waals surface area contributed by atoms with Gasteiger partial charge in [-0.2, -0.15) is 4.98 Å². The lowest BCUT2D eigenvalue weighted by Gasteiger charge is -2.11. The van der Waals surface area contributed by atoms with Crippen LogP contribution in [0.1, 0.15) is 11.1 Å². The molecule has 0 aliphatic rings. The number of nitrogens with zero attached hydrogens (tertiary/aromatic N) is 3. The number of fused-ring (bicyclic) bond motifs is 1. The molecule has 4 aromatic rings. The highest BCUT2D eigenvalue weighted by Crippen LogP contribution is 2.28. The minimum atomic E-state index is -0.471. The van der Waals surface area contributed by atoms with E-state index >= 15 is 0 Å². The quantitative estimate of drug-likeness (QED) is 0.400. The molecule has 0 unspecified atom stereocenters. The Morgan fingerprint density at radius 1 is 1.10 bits per heavy atom. The van der Waals surface area contributed by atoms with Crippen molar-refractivity contribution in [1.82, 2.24) is 15.0 Å². The van der Waals surface area contributed by atoms with Crippen LogP contribution in [-0.4, -0.2) is 19.9 Å². The Kier molecular flexibility index (Phi) is 4.52. The van der Waals surface area contributed by atoms with Gasteiger partial charge >= 0.3 is 0 Å². The Balaban J connectivity index is 1.81. The maximum absolute atomic E-state index is 12.8. The summed E-state index contributed by atoms with van der Waals surface area (Å²) in [6.45, 7) is 3.97. The van der Waals surface area contributed by atoms with Crippen molar-refractivity contribution < 1.29 is 4.92 Å². The average molecular weight is 387 g/mol. The number of rotatable bonds is 4. The van der Waals surface area contributed by atoms with Gasteiger partial charge in [0.05, 0.1) is 10.3 Å². The summed E-state index contributed by atoms with van der Waals surface area (Å²) in [7, 11) is 0. The van der Waals surface area contributed by atoms with E-state index in [9.17, 15) is 14.9 Å². The van der Waals surface area contributed by atoms with E-state index in [1.807, 2.05) is 32.0 Å². The number of aromatic nitrogens is 3. The lowest BCUT2D eigenvalue weighted by Crippen LogP contribution is -2.13. The standard InChI is InChI=1S/C21H17N5O3/c1-12-6-7-17(13(2)10-12)23-21-24-19-18(20(27)25-21)16(8-9-22-19)14-4-3-5-15(11-14)26(28)29/h3-11H,1-2H3,(H2,22,23,24,25,27). The van der Waals surface area contributed by atoms with Crippen LogP contribution in [0.3, 0.4) is 0 Å². The topological polar surface area (TPSA) is 114 Å². The van der Waals surface area contributed by atoms with Crippen molar-refractivity contribution in [2.24, 2.45) is 0 Å². The lowest BCUT2D eigenvalue weighted by atomic mass is 10.0. The van der Waals surface area contributed by atoms with Crippen molar-refractivity contribution in [2.45, 2.75) is 13.8 Å². The SMILES string of the molecule is Cc1ccc(Nc2nc3nccc(-c4cccc([N+](=O)[O-])c4)c3c(=O)[nH]2)c(C)c1. The third kappa shape index (κ3) is 3.55. The minimum Gasteiger partial charge on any atom is -0.325 e. The zero-order valence-electron chi connectivity index (χ0n) is 15.8. The summed E-state index contributed by atoms with van der Waals surface area (Å²) in [6, 6.07) is 13.7. The van der Waals surface area contributed by atoms with Crippen molar-refractivity contribution in [3.63, 3.8) is 0 Å². The van der Waals surface area contributed by atoms with E-state index in [-0.39, 0.29) is 28.2 Å². The second-order valence-electron chi connectivity index (χ2n) is 6.72. The number of nitro groups is 1. The zero-order chi connectivity index (χ0) is 20.5. The Hall–Kier alpha value is -4.07. The fraction of sp³-hybridized carbons (Fsp3) is 0.0952. The van der Waals surface area contributed by atoms with Crippen LogP contribution in [0.4, 0.5) is 17.3 Å². The number of nitro benzene ring substituents is 1. The van der Waals surface area contributed by atoms with Crippen molar-refractivity contribution >= 4 is 28.4 Å². The van der Waals surface area contributed by atoms with E-state index in [1.54, 1.807) is 18.2 Å². The third-order valence-corrected chi connectivity index (χ3v) is 4.61. The van der Waals surface area contributed by atoms with E-state index in [0.717, 1.165) is 16.8 Å². The second kappa shape index (κ2) is 7.16. The van der Waals surface area contributed by atoms with Crippen LogP contribution in [-0.2, 0) is 0 Å². The summed E-state index contributed by atoms with van der Waals surface area (Å²) in [6.07, 6.45) is 1.53. The highest BCUT2D eigenvalue weighted by Gasteiger charge is 2.14. The Morgan fingerprint density at radius 2 is 1.93 bits per heavy atom. The van der Waals surface area contributed by atoms with Crippen molar-refractivity contribution in [3.8, 4) is 11.1 Å². The van der Waals surface area contributed by atoms with Crippen molar-refractivity contribution in [3.05, 3.63) is 86.3 Å². The van der Waals surface area contributed by atoms with E-state index < -0.39 is 4.92 Å². The Bertz CT molecular complexity index is 1310. The zero-order valence-corrected chi connectivity index (χ0v) is 15.8. The molecule has 144 valence electrons. The molecule has 0 atom stereocenters. The number of aryl methyl sites for hydroxylation is 2. The van der Waals surface area contributed by atoms with Crippen LogP contribution >= 0.6 is 0 Å². The molecular weight excluding hydrogens is 370 g/mol. The number of pyridine rings is 1. The summed E-state index contributed by atoms with van der Waals surface area (Å²) in [5.41, 5.74) is 3.89. The molecule has 0 saturated heterocycles. The van der Waals surface area contributed by atoms with Gasteiger partial charge in [0.15, 0.2) is 5.65 Å². The summed E-state index contributed by atoms with van der Waals surface area (Å²) in [5.74, 6) is 0.276. The highest BCUT2D eigenvalue weighted by molar-refractivity contribution is 5.92. The number of aromatic amines is 1. The van der Waals surface area contributed by atoms with E-state index in [4.69, 9.17) is 0 Å². The largest absolute Gasteiger partial charge is 0.325 e. The van der Waals surface area contributed by atoms with Gasteiger partial charge in [0, 0.05) is 29.6 Å². The predicted octanol–water partition coefficient (Wildman–Crippen LogP) is 4.25. The van der Waals surface area contributed by atoms with E-state index in [2.05, 4.69) is 20.3 Å². The first-order chi connectivity index (χ1) is 13.9. The van der Waals surface area contributed by atoms with Crippen LogP contribution in [0.15, 0.2) is 59.5 Å². The summed E-state index contributed by atoms with van der Waals surface area (Å²) < 4.78 is 0. The molecule has 0 saturated carbocycles. The number of non-ortho nitro benzene ring substituents is 1. The van der Waals surface area contributed by atoms with Crippen LogP contribution in [0.25, 0.3) is 22.2 Å². The molecular formula is C21H17N5O3. The van der Waals surface area contributed by atoms with Crippen molar-refractivity contribution in [2.75, 3.05) is 5.32 Å². The van der Waals surface area contributed by atoms with E-state index in [1.165, 1.54) is 18.3 Å². The molecule has 0 fully saturated rings. The van der Waals surface area contributed by atoms with Gasteiger partial charge in [-0.05, 0) is 37.1 Å². The van der Waals surface area contributed by atoms with Crippen LogP contribution in [0.2, 0.25) is 0 Å². The molecule has 0 radical (unpaired) electrons. The molecule has 29 heavy (non-hydrogen) atoms. The molecule has 0 bridgehead atoms. The molecule has 8 nitrogen and oxygen atoms in total. The normalized spacial score (nSPS) is 10.8. The Morgan fingerprint density at radius 3 is 2.69 bits per heavy atom. The Labute approximate surface area is 165 Å². The van der Waals surface area contributed by atoms with Gasteiger partial charge in [-0.25, -0.2) is 4.98 Å². The van der Waals surface area contributed by atoms with Crippen molar-refractivity contribution in [1.29, 1.82) is 0 Å². The van der Waals surface area contributed by atoms with Crippen LogP contribution in [0.5, 0.6) is 0 Å². The van der Waals surface area contributed by atoms with Gasteiger partial charge in [-0.3, -0.25) is 19.9 Å². The molecule has 0 amide bonds. The number of nitrogens with one attached hydrogen (secondary N) is 2. The van der Waals surface area contributed by atoms with Crippen LogP contribution in [0, 0.1) is 24.0 Å². The lowest BCUT2D eigenvalue weighted by molar-refractivity contribution is -0.384. The third-order valence-electron chi connectivity index (χ3n) is 4.61. The molecule has 0 spiro atoms. The second-order valence-corrected chi connectivity index (χ2v) is 6.72. The molecule has 2 N–H and O–H groups in total. The average Bonchev–Trinajstić information content (AvgIpc) is 2.70. The number of anilines is 2. The van der Waals surface area contributed by atoms with Gasteiger partial charge in [0.25, 0.3) is 11.2 Å².